The molecule has 0 spiro atoms. The van der Waals surface area contributed by atoms with Crippen LogP contribution in [0.15, 0.2) is 0 Å². The van der Waals surface area contributed by atoms with Crippen LogP contribution in [0, 0.1) is 5.41 Å². The molecule has 0 radical (unpaired) electrons. The molecule has 0 N–H and O–H groups in total. The summed E-state index contributed by atoms with van der Waals surface area (Å²) in [5, 5.41) is 0.531. The van der Waals surface area contributed by atoms with Crippen molar-refractivity contribution < 1.29 is 13.2 Å². The van der Waals surface area contributed by atoms with Gasteiger partial charge in [-0.15, -0.1) is 11.3 Å². The second-order valence-electron chi connectivity index (χ2n) is 5.39. The minimum atomic E-state index is -3.09. The van der Waals surface area contributed by atoms with Crippen molar-refractivity contribution >= 4 is 27.0 Å². The predicted molar refractivity (Wildman–Crippen MR) is 67.1 cm³/mol. The highest BCUT2D eigenvalue weighted by Gasteiger charge is 2.34. The third-order valence-electron chi connectivity index (χ3n) is 2.67. The lowest BCUT2D eigenvalue weighted by atomic mass is 9.78. The number of hydrogen-bond acceptors (Lipinski definition) is 5. The zero-order valence-corrected chi connectivity index (χ0v) is 11.7. The van der Waals surface area contributed by atoms with Gasteiger partial charge in [0.2, 0.25) is 0 Å². The summed E-state index contributed by atoms with van der Waals surface area (Å²) in [6, 6.07) is 0. The van der Waals surface area contributed by atoms with E-state index in [1.54, 1.807) is 0 Å². The average Bonchev–Trinajstić information content (AvgIpc) is 2.41. The number of thiazole rings is 1. The van der Waals surface area contributed by atoms with Crippen molar-refractivity contribution in [2.24, 2.45) is 5.41 Å². The lowest BCUT2D eigenvalue weighted by Crippen LogP contribution is -2.26. The monoisotopic (exact) mass is 273 g/mol. The zero-order chi connectivity index (χ0) is 12.8. The maximum atomic E-state index is 11.9. The fourth-order valence-corrected chi connectivity index (χ4v) is 4.26. The maximum Gasteiger partial charge on any atom is 0.175 e. The highest BCUT2D eigenvalue weighted by Crippen LogP contribution is 2.37. The Morgan fingerprint density at radius 3 is 2.59 bits per heavy atom. The van der Waals surface area contributed by atoms with Crippen LogP contribution in [0.1, 0.15) is 40.6 Å². The molecule has 1 aliphatic carbocycles. The van der Waals surface area contributed by atoms with Gasteiger partial charge in [0.25, 0.3) is 0 Å². The van der Waals surface area contributed by atoms with E-state index in [1.165, 1.54) is 17.6 Å². The number of hydrogen-bond donors (Lipinski definition) is 0. The van der Waals surface area contributed by atoms with Crippen LogP contribution in [-0.2, 0) is 22.0 Å². The van der Waals surface area contributed by atoms with E-state index in [4.69, 9.17) is 0 Å². The minimum Gasteiger partial charge on any atom is -0.293 e. The van der Waals surface area contributed by atoms with Crippen LogP contribution in [0.5, 0.6) is 0 Å². The normalized spacial score (nSPS) is 19.1. The van der Waals surface area contributed by atoms with E-state index >= 15 is 0 Å². The van der Waals surface area contributed by atoms with E-state index in [9.17, 15) is 13.2 Å². The van der Waals surface area contributed by atoms with E-state index in [-0.39, 0.29) is 17.0 Å². The highest BCUT2D eigenvalue weighted by atomic mass is 32.2. The molecule has 1 aromatic heterocycles. The number of Topliss-reactive ketones (excluding diaryl/α,β-unsaturated/α-hetero) is 1. The molecule has 2 rings (SSSR count). The molecule has 94 valence electrons. The van der Waals surface area contributed by atoms with Crippen LogP contribution in [0.4, 0.5) is 0 Å². The van der Waals surface area contributed by atoms with Gasteiger partial charge in [-0.1, -0.05) is 13.8 Å². The Bertz CT molecular complexity index is 570. The Morgan fingerprint density at radius 2 is 2.00 bits per heavy atom. The van der Waals surface area contributed by atoms with Crippen molar-refractivity contribution in [3.8, 4) is 0 Å². The number of sulfone groups is 1. The number of nitrogens with zero attached hydrogens (tertiary/aromatic N) is 1. The van der Waals surface area contributed by atoms with Crippen LogP contribution in [-0.4, -0.2) is 25.4 Å². The molecule has 0 aliphatic heterocycles. The van der Waals surface area contributed by atoms with Crippen LogP contribution in [0.2, 0.25) is 0 Å². The first-order valence-corrected chi connectivity index (χ1v) is 8.23. The van der Waals surface area contributed by atoms with Gasteiger partial charge in [0.05, 0.1) is 10.6 Å². The Kier molecular flexibility index (Phi) is 2.90. The fourth-order valence-electron chi connectivity index (χ4n) is 2.06. The predicted octanol–water partition coefficient (Wildman–Crippen LogP) is 1.84. The van der Waals surface area contributed by atoms with Crippen molar-refractivity contribution in [1.82, 2.24) is 4.98 Å². The summed E-state index contributed by atoms with van der Waals surface area (Å²) in [4.78, 5) is 16.9. The smallest absolute Gasteiger partial charge is 0.175 e. The third kappa shape index (κ3) is 2.93. The van der Waals surface area contributed by atoms with E-state index in [2.05, 4.69) is 4.98 Å². The molecule has 1 aliphatic rings. The van der Waals surface area contributed by atoms with E-state index in [1.807, 2.05) is 13.8 Å². The maximum absolute atomic E-state index is 11.9. The van der Waals surface area contributed by atoms with Gasteiger partial charge in [0, 0.05) is 12.7 Å². The average molecular weight is 273 g/mol. The summed E-state index contributed by atoms with van der Waals surface area (Å²) in [5.74, 6) is 0.0201. The number of fused-ring (bicyclic) bond motifs is 1. The van der Waals surface area contributed by atoms with Crippen LogP contribution >= 0.6 is 11.3 Å². The van der Waals surface area contributed by atoms with E-state index < -0.39 is 9.84 Å². The summed E-state index contributed by atoms with van der Waals surface area (Å²) in [7, 11) is -3.09. The molecule has 0 amide bonds. The van der Waals surface area contributed by atoms with Crippen LogP contribution in [0.3, 0.4) is 0 Å². The molecule has 4 nitrogen and oxygen atoms in total. The van der Waals surface area contributed by atoms with Crippen molar-refractivity contribution in [2.75, 3.05) is 6.26 Å². The number of ketones is 1. The second-order valence-corrected chi connectivity index (χ2v) is 8.62. The lowest BCUT2D eigenvalue weighted by molar-refractivity contribution is 0.0916. The van der Waals surface area contributed by atoms with E-state index in [0.717, 1.165) is 12.1 Å². The fraction of sp³-hybridized carbons (Fsp3) is 0.636. The summed E-state index contributed by atoms with van der Waals surface area (Å²) in [6.07, 6.45) is 2.44. The third-order valence-corrected chi connectivity index (χ3v) is 4.78. The standard InChI is InChI=1S/C11H15NO3S2/c1-11(2)4-7-10(8(13)5-11)16-9(12-7)6-17(3,14)15/h4-6H2,1-3H3. The zero-order valence-electron chi connectivity index (χ0n) is 10.1. The number of carbonyl (C=O) groups is 1. The Hall–Kier alpha value is -0.750. The Balaban J connectivity index is 2.37. The summed E-state index contributed by atoms with van der Waals surface area (Å²) in [6.45, 7) is 4.06. The van der Waals surface area contributed by atoms with Crippen molar-refractivity contribution in [2.45, 2.75) is 32.4 Å². The number of aromatic nitrogens is 1. The number of carbonyl (C=O) groups excluding carboxylic acids is 1. The van der Waals surface area contributed by atoms with Crippen LogP contribution in [0.25, 0.3) is 0 Å². The largest absolute Gasteiger partial charge is 0.293 e. The molecule has 6 heteroatoms. The Morgan fingerprint density at radius 1 is 1.35 bits per heavy atom. The molecule has 0 saturated carbocycles. The SMILES string of the molecule is CC1(C)CC(=O)c2sc(CS(C)(=O)=O)nc2C1. The summed E-state index contributed by atoms with van der Waals surface area (Å²) in [5.41, 5.74) is 0.704. The summed E-state index contributed by atoms with van der Waals surface area (Å²) < 4.78 is 22.4. The number of rotatable bonds is 2. The van der Waals surface area contributed by atoms with Gasteiger partial charge in [0.1, 0.15) is 10.8 Å². The molecule has 0 unspecified atom stereocenters. The second kappa shape index (κ2) is 3.88. The molecule has 0 fully saturated rings. The molecule has 17 heavy (non-hydrogen) atoms. The molecule has 1 heterocycles. The van der Waals surface area contributed by atoms with Crippen molar-refractivity contribution in [1.29, 1.82) is 0 Å². The van der Waals surface area contributed by atoms with Gasteiger partial charge >= 0.3 is 0 Å². The minimum absolute atomic E-state index is 0.0689. The quantitative estimate of drug-likeness (QED) is 0.825. The van der Waals surface area contributed by atoms with Gasteiger partial charge < -0.3 is 0 Å². The van der Waals surface area contributed by atoms with Crippen molar-refractivity contribution in [3.63, 3.8) is 0 Å². The first kappa shape index (κ1) is 12.7. The molecule has 0 saturated heterocycles. The van der Waals surface area contributed by atoms with Gasteiger partial charge in [-0.2, -0.15) is 0 Å². The highest BCUT2D eigenvalue weighted by molar-refractivity contribution is 7.90. The topological polar surface area (TPSA) is 64.1 Å². The van der Waals surface area contributed by atoms with Gasteiger partial charge in [0.15, 0.2) is 15.6 Å². The molecule has 0 bridgehead atoms. The lowest BCUT2D eigenvalue weighted by Gasteiger charge is -2.26. The van der Waals surface area contributed by atoms with Crippen molar-refractivity contribution in [3.05, 3.63) is 15.6 Å². The molecule has 0 atom stereocenters. The Labute approximate surface area is 105 Å². The van der Waals surface area contributed by atoms with E-state index in [0.29, 0.717) is 16.3 Å². The van der Waals surface area contributed by atoms with Gasteiger partial charge in [-0.25, -0.2) is 13.4 Å². The molecule has 0 aromatic carbocycles. The van der Waals surface area contributed by atoms with Gasteiger partial charge in [-0.05, 0) is 11.8 Å². The molecular weight excluding hydrogens is 258 g/mol. The molecule has 1 aromatic rings. The molecular formula is C11H15NO3S2. The van der Waals surface area contributed by atoms with Gasteiger partial charge in [-0.3, -0.25) is 4.79 Å². The first-order valence-electron chi connectivity index (χ1n) is 5.36. The summed E-state index contributed by atoms with van der Waals surface area (Å²) >= 11 is 1.23. The first-order chi connectivity index (χ1) is 7.66. The van der Waals surface area contributed by atoms with Crippen LogP contribution < -0.4 is 0 Å².